The second kappa shape index (κ2) is 10.7. The number of methoxy groups -OCH3 is 4. The van der Waals surface area contributed by atoms with Crippen molar-refractivity contribution >= 4 is 40.5 Å². The Balaban J connectivity index is 2.49. The van der Waals surface area contributed by atoms with Gasteiger partial charge in [0.15, 0.2) is 16.9 Å². The van der Waals surface area contributed by atoms with Crippen LogP contribution in [0.15, 0.2) is 54.6 Å². The molecule has 194 valence electrons. The zero-order valence-electron chi connectivity index (χ0n) is 20.7. The van der Waals surface area contributed by atoms with Crippen LogP contribution in [0, 0.1) is 0 Å². The van der Waals surface area contributed by atoms with Gasteiger partial charge in [0.1, 0.15) is 16.3 Å². The minimum Gasteiger partial charge on any atom is -0.616 e. The van der Waals surface area contributed by atoms with Gasteiger partial charge in [-0.05, 0) is 36.5 Å². The summed E-state index contributed by atoms with van der Waals surface area (Å²) in [5.41, 5.74) is -1.30. The average molecular weight is 519 g/mol. The number of aromatic nitrogens is 5. The van der Waals surface area contributed by atoms with E-state index >= 15 is 0 Å². The molecule has 0 N–H and O–H groups in total. The van der Waals surface area contributed by atoms with Crippen LogP contribution in [0.2, 0.25) is 0 Å². The Hall–Kier alpha value is -5.33. The molecule has 0 radical (unpaired) electrons. The number of hydrogen-bond donors (Lipinski definition) is 0. The first-order chi connectivity index (χ1) is 18.4. The maximum atomic E-state index is 13.3. The van der Waals surface area contributed by atoms with Crippen LogP contribution in [-0.2, 0) is 18.9 Å². The number of esters is 3. The topological polar surface area (TPSA) is 158 Å². The zero-order valence-corrected chi connectivity index (χ0v) is 20.7. The highest BCUT2D eigenvalue weighted by Gasteiger charge is 2.31. The Bertz CT molecular complexity index is 1680. The van der Waals surface area contributed by atoms with Crippen molar-refractivity contribution in [3.05, 3.63) is 76.6 Å². The monoisotopic (exact) mass is 519 g/mol. The van der Waals surface area contributed by atoms with E-state index in [1.54, 1.807) is 48.5 Å². The number of carbonyl (C=O) groups excluding carboxylic acids is 3. The summed E-state index contributed by atoms with van der Waals surface area (Å²) in [5.74, 6) is -4.51. The van der Waals surface area contributed by atoms with E-state index in [4.69, 9.17) is 18.9 Å². The lowest BCUT2D eigenvalue weighted by atomic mass is 10.1. The van der Waals surface area contributed by atoms with E-state index in [0.717, 1.165) is 28.4 Å². The van der Waals surface area contributed by atoms with Gasteiger partial charge in [-0.1, -0.05) is 34.8 Å². The molecular formula is C25H21N5O8. The van der Waals surface area contributed by atoms with E-state index < -0.39 is 45.9 Å². The Kier molecular flexibility index (Phi) is 7.28. The van der Waals surface area contributed by atoms with Gasteiger partial charge in [0.25, 0.3) is 5.65 Å². The lowest BCUT2D eigenvalue weighted by Gasteiger charge is -2.12. The molecule has 0 saturated carbocycles. The molecular weight excluding hydrogens is 498 g/mol. The summed E-state index contributed by atoms with van der Waals surface area (Å²) in [7, 11) is 4.20. The zero-order chi connectivity index (χ0) is 27.4. The molecule has 0 aliphatic carbocycles. The Morgan fingerprint density at radius 2 is 1.39 bits per heavy atom. The maximum Gasteiger partial charge on any atom is 0.357 e. The smallest absolute Gasteiger partial charge is 0.357 e. The Morgan fingerprint density at radius 1 is 0.789 bits per heavy atom. The van der Waals surface area contributed by atoms with E-state index in [-0.39, 0.29) is 16.7 Å². The quantitative estimate of drug-likeness (QED) is 0.196. The molecule has 38 heavy (non-hydrogen) atoms. The second-order valence-electron chi connectivity index (χ2n) is 7.49. The minimum atomic E-state index is -1.17. The van der Waals surface area contributed by atoms with Crippen molar-refractivity contribution in [1.82, 2.24) is 19.8 Å². The summed E-state index contributed by atoms with van der Waals surface area (Å²) in [6.45, 7) is 0. The van der Waals surface area contributed by atoms with Crippen molar-refractivity contribution in [3.8, 4) is 5.69 Å². The molecule has 2 heterocycles. The maximum absolute atomic E-state index is 13.3. The number of para-hydroxylation sites is 3. The predicted octanol–water partition coefficient (Wildman–Crippen LogP) is -0.170. The largest absolute Gasteiger partial charge is 0.616 e. The van der Waals surface area contributed by atoms with Crippen molar-refractivity contribution in [3.63, 3.8) is 0 Å². The van der Waals surface area contributed by atoms with Crippen molar-refractivity contribution in [2.45, 2.75) is 0 Å². The lowest BCUT2D eigenvalue weighted by Crippen LogP contribution is -2.37. The van der Waals surface area contributed by atoms with Gasteiger partial charge in [0, 0.05) is 4.80 Å². The van der Waals surface area contributed by atoms with Gasteiger partial charge in [-0.3, -0.25) is 0 Å². The van der Waals surface area contributed by atoms with Crippen LogP contribution in [0.5, 0.6) is 0 Å². The summed E-state index contributed by atoms with van der Waals surface area (Å²) < 4.78 is 20.9. The molecule has 0 saturated heterocycles. The summed E-state index contributed by atoms with van der Waals surface area (Å²) >= 11 is 0. The number of ether oxygens (including phenoxy) is 4. The molecule has 4 aromatic rings. The van der Waals surface area contributed by atoms with Crippen LogP contribution >= 0.6 is 0 Å². The van der Waals surface area contributed by atoms with Crippen LogP contribution in [0.4, 0.5) is 0 Å². The number of carbonyl (C=O) groups is 3. The third-order valence-electron chi connectivity index (χ3n) is 5.40. The van der Waals surface area contributed by atoms with Gasteiger partial charge in [0.2, 0.25) is 0 Å². The number of rotatable bonds is 5. The van der Waals surface area contributed by atoms with Gasteiger partial charge < -0.3 is 24.1 Å². The molecule has 0 atom stereocenters. The molecule has 0 spiro atoms. The molecule has 0 fully saturated rings. The second-order valence-corrected chi connectivity index (χ2v) is 7.49. The highest BCUT2D eigenvalue weighted by atomic mass is 16.6. The SMILES string of the molecule is COC(=O)c1nc2ccccc2n2n[n+](-c3ccccc3)nc2c(=C([O-])OC)c(C(=O)OC)c1C(=O)OC. The first-order valence-electron chi connectivity index (χ1n) is 10.9. The van der Waals surface area contributed by atoms with Crippen LogP contribution in [0.1, 0.15) is 31.2 Å². The van der Waals surface area contributed by atoms with E-state index in [2.05, 4.69) is 15.3 Å². The van der Waals surface area contributed by atoms with Crippen LogP contribution in [-0.4, -0.2) is 66.2 Å². The molecule has 0 aliphatic heterocycles. The number of hydrogen-bond acceptors (Lipinski definition) is 11. The first kappa shape index (κ1) is 25.8. The minimum absolute atomic E-state index is 0.135. The summed E-state index contributed by atoms with van der Waals surface area (Å²) in [6, 6.07) is 15.2. The predicted molar refractivity (Wildman–Crippen MR) is 127 cm³/mol. The summed E-state index contributed by atoms with van der Waals surface area (Å²) in [6.07, 6.45) is 0. The number of benzene rings is 2. The molecule has 2 aromatic carbocycles. The van der Waals surface area contributed by atoms with Crippen LogP contribution < -0.4 is 15.1 Å². The molecule has 0 aliphatic rings. The lowest BCUT2D eigenvalue weighted by molar-refractivity contribution is -0.716. The van der Waals surface area contributed by atoms with E-state index in [1.807, 2.05) is 0 Å². The molecule has 4 rings (SSSR count). The van der Waals surface area contributed by atoms with E-state index in [1.165, 1.54) is 15.4 Å². The van der Waals surface area contributed by atoms with Gasteiger partial charge in [0.05, 0.1) is 38.1 Å². The van der Waals surface area contributed by atoms with Crippen molar-refractivity contribution in [1.29, 1.82) is 0 Å². The summed E-state index contributed by atoms with van der Waals surface area (Å²) in [5, 5.41) is 21.7. The fourth-order valence-corrected chi connectivity index (χ4v) is 3.68. The molecule has 0 unspecified atom stereocenters. The number of fused-ring (bicyclic) bond motifs is 3. The molecule has 0 amide bonds. The number of nitrogens with zero attached hydrogens (tertiary/aromatic N) is 5. The summed E-state index contributed by atoms with van der Waals surface area (Å²) in [4.78, 5) is 44.9. The van der Waals surface area contributed by atoms with Gasteiger partial charge >= 0.3 is 17.9 Å². The third-order valence-corrected chi connectivity index (χ3v) is 5.40. The van der Waals surface area contributed by atoms with E-state index in [9.17, 15) is 19.5 Å². The average Bonchev–Trinajstić information content (AvgIpc) is 3.41. The van der Waals surface area contributed by atoms with Crippen molar-refractivity contribution in [2.24, 2.45) is 0 Å². The molecule has 2 aromatic heterocycles. The van der Waals surface area contributed by atoms with Crippen LogP contribution in [0.25, 0.3) is 28.3 Å². The van der Waals surface area contributed by atoms with Crippen molar-refractivity contribution < 1.29 is 43.2 Å². The number of tetrazole rings is 1. The first-order valence-corrected chi connectivity index (χ1v) is 10.9. The fraction of sp³-hybridized carbons (Fsp3) is 0.160. The highest BCUT2D eigenvalue weighted by Crippen LogP contribution is 2.17. The molecule has 13 nitrogen and oxygen atoms in total. The van der Waals surface area contributed by atoms with Crippen LogP contribution in [0.3, 0.4) is 0 Å². The van der Waals surface area contributed by atoms with E-state index in [0.29, 0.717) is 5.69 Å². The van der Waals surface area contributed by atoms with Gasteiger partial charge in [-0.2, -0.15) is 0 Å². The third kappa shape index (κ3) is 4.48. The highest BCUT2D eigenvalue weighted by molar-refractivity contribution is 6.10. The van der Waals surface area contributed by atoms with Gasteiger partial charge in [-0.15, -0.1) is 0 Å². The molecule has 0 bridgehead atoms. The van der Waals surface area contributed by atoms with Crippen molar-refractivity contribution in [2.75, 3.05) is 28.4 Å². The molecule has 13 heteroatoms. The standard InChI is InChI=1S/C25H21N5O8/c1-35-22(31)17-18(23(32)36-2)20(25(34)38-4)26-15-12-8-9-13-16(15)29-21(19(17)24(33)37-3)27-30(28-29)14-10-6-5-7-11-14/h5-13H,1-4H3. The fourth-order valence-electron chi connectivity index (χ4n) is 3.68. The van der Waals surface area contributed by atoms with Gasteiger partial charge in [-0.25, -0.2) is 19.4 Å². The normalized spacial score (nSPS) is 11.5. The Morgan fingerprint density at radius 3 is 2.03 bits per heavy atom. The Labute approximate surface area is 214 Å².